The van der Waals surface area contributed by atoms with Gasteiger partial charge in [0.15, 0.2) is 0 Å². The second-order valence-electron chi connectivity index (χ2n) is 7.79. The van der Waals surface area contributed by atoms with E-state index in [-0.39, 0.29) is 24.2 Å². The lowest BCUT2D eigenvalue weighted by molar-refractivity contribution is -0.123. The number of rotatable bonds is 9. The van der Waals surface area contributed by atoms with Crippen molar-refractivity contribution in [3.8, 4) is 0 Å². The molecular formula is C23H25F2N3O4S. The highest BCUT2D eigenvalue weighted by atomic mass is 32.2. The van der Waals surface area contributed by atoms with Crippen molar-refractivity contribution in [3.05, 3.63) is 60.2 Å². The molecule has 1 saturated carbocycles. The van der Waals surface area contributed by atoms with Gasteiger partial charge < -0.3 is 15.5 Å². The van der Waals surface area contributed by atoms with Gasteiger partial charge in [-0.15, -0.1) is 0 Å². The Hall–Kier alpha value is -3.14. The van der Waals surface area contributed by atoms with Crippen molar-refractivity contribution in [3.63, 3.8) is 0 Å². The minimum Gasteiger partial charge on any atom is -0.352 e. The van der Waals surface area contributed by atoms with Crippen LogP contribution in [0.15, 0.2) is 48.5 Å². The Morgan fingerprint density at radius 1 is 0.879 bits per heavy atom. The van der Waals surface area contributed by atoms with Gasteiger partial charge in [-0.05, 0) is 61.4 Å². The minimum atomic E-state index is -1.86. The molecule has 10 heteroatoms. The molecule has 33 heavy (non-hydrogen) atoms. The second-order valence-corrected chi connectivity index (χ2v) is 9.25. The number of nitrogens with one attached hydrogen (secondary N) is 2. The van der Waals surface area contributed by atoms with E-state index in [1.54, 1.807) is 0 Å². The normalized spacial score (nSPS) is 14.5. The average Bonchev–Trinajstić information content (AvgIpc) is 3.27. The first-order chi connectivity index (χ1) is 15.8. The van der Waals surface area contributed by atoms with Crippen LogP contribution in [-0.4, -0.2) is 46.0 Å². The van der Waals surface area contributed by atoms with Gasteiger partial charge in [0.05, 0.1) is 0 Å². The smallest absolute Gasteiger partial charge is 0.240 e. The van der Waals surface area contributed by atoms with E-state index >= 15 is 0 Å². The lowest BCUT2D eigenvalue weighted by atomic mass is 10.2. The highest BCUT2D eigenvalue weighted by Gasteiger charge is 2.24. The number of amides is 3. The van der Waals surface area contributed by atoms with Crippen LogP contribution >= 0.6 is 0 Å². The van der Waals surface area contributed by atoms with Crippen molar-refractivity contribution in [1.82, 2.24) is 5.32 Å². The van der Waals surface area contributed by atoms with Crippen molar-refractivity contribution >= 4 is 39.9 Å². The SMILES string of the molecule is O=C(CS(=O)CC(=O)N(CC(=O)NC1CCCC1)c1ccc(F)cc1)Nc1ccc(F)cc1. The summed E-state index contributed by atoms with van der Waals surface area (Å²) in [5, 5.41) is 5.37. The molecule has 1 atom stereocenters. The van der Waals surface area contributed by atoms with Crippen LogP contribution in [0.4, 0.5) is 20.2 Å². The summed E-state index contributed by atoms with van der Waals surface area (Å²) in [4.78, 5) is 38.6. The molecule has 2 aromatic carbocycles. The van der Waals surface area contributed by atoms with E-state index in [1.165, 1.54) is 36.4 Å². The molecule has 176 valence electrons. The fourth-order valence-corrected chi connectivity index (χ4v) is 4.47. The van der Waals surface area contributed by atoms with E-state index in [4.69, 9.17) is 0 Å². The number of nitrogens with zero attached hydrogens (tertiary/aromatic N) is 1. The molecule has 2 aromatic rings. The van der Waals surface area contributed by atoms with Gasteiger partial charge in [0.2, 0.25) is 17.7 Å². The first kappa shape index (κ1) is 24.5. The molecular weight excluding hydrogens is 452 g/mol. The molecule has 3 amide bonds. The van der Waals surface area contributed by atoms with E-state index in [2.05, 4.69) is 10.6 Å². The fraction of sp³-hybridized carbons (Fsp3) is 0.348. The zero-order valence-electron chi connectivity index (χ0n) is 17.9. The monoisotopic (exact) mass is 477 g/mol. The maximum absolute atomic E-state index is 13.3. The molecule has 0 bridgehead atoms. The molecule has 2 N–H and O–H groups in total. The quantitative estimate of drug-likeness (QED) is 0.581. The molecule has 3 rings (SSSR count). The number of carbonyl (C=O) groups excluding carboxylic acids is 3. The summed E-state index contributed by atoms with van der Waals surface area (Å²) in [6.45, 7) is -0.306. The molecule has 1 aliphatic carbocycles. The number of halogens is 2. The van der Waals surface area contributed by atoms with Crippen molar-refractivity contribution in [2.75, 3.05) is 28.3 Å². The number of hydrogen-bond acceptors (Lipinski definition) is 4. The van der Waals surface area contributed by atoms with E-state index < -0.39 is 45.8 Å². The molecule has 1 fully saturated rings. The lowest BCUT2D eigenvalue weighted by Gasteiger charge is -2.23. The molecule has 0 heterocycles. The number of anilines is 2. The van der Waals surface area contributed by atoms with Gasteiger partial charge in [0, 0.05) is 28.2 Å². The van der Waals surface area contributed by atoms with E-state index in [9.17, 15) is 27.4 Å². The number of carbonyl (C=O) groups is 3. The standard InChI is InChI=1S/C23H25F2N3O4S/c24-16-5-9-19(10-6-16)27-22(30)14-33(32)15-23(31)28(20-11-7-17(25)8-12-20)13-21(29)26-18-3-1-2-4-18/h5-12,18H,1-4,13-15H2,(H,26,29)(H,27,30). The summed E-state index contributed by atoms with van der Waals surface area (Å²) in [7, 11) is -1.86. The molecule has 1 unspecified atom stereocenters. The van der Waals surface area contributed by atoms with Gasteiger partial charge in [0.1, 0.15) is 29.7 Å². The summed E-state index contributed by atoms with van der Waals surface area (Å²) in [5.74, 6) is -3.49. The highest BCUT2D eigenvalue weighted by molar-refractivity contribution is 7.86. The third-order valence-electron chi connectivity index (χ3n) is 5.17. The van der Waals surface area contributed by atoms with Crippen LogP contribution in [-0.2, 0) is 25.2 Å². The van der Waals surface area contributed by atoms with E-state index in [0.717, 1.165) is 42.7 Å². The zero-order valence-corrected chi connectivity index (χ0v) is 18.7. The molecule has 0 aliphatic heterocycles. The zero-order chi connectivity index (χ0) is 23.8. The topological polar surface area (TPSA) is 95.6 Å². The van der Waals surface area contributed by atoms with Crippen LogP contribution < -0.4 is 15.5 Å². The van der Waals surface area contributed by atoms with Crippen LogP contribution in [0.3, 0.4) is 0 Å². The predicted octanol–water partition coefficient (Wildman–Crippen LogP) is 2.74. The van der Waals surface area contributed by atoms with Gasteiger partial charge in [-0.3, -0.25) is 18.6 Å². The Morgan fingerprint density at radius 3 is 2.06 bits per heavy atom. The third kappa shape index (κ3) is 7.74. The van der Waals surface area contributed by atoms with Crippen LogP contribution in [0.25, 0.3) is 0 Å². The van der Waals surface area contributed by atoms with Gasteiger partial charge in [-0.1, -0.05) is 12.8 Å². The van der Waals surface area contributed by atoms with Crippen molar-refractivity contribution in [2.24, 2.45) is 0 Å². The summed E-state index contributed by atoms with van der Waals surface area (Å²) in [5.41, 5.74) is 0.622. The minimum absolute atomic E-state index is 0.0620. The number of hydrogen-bond donors (Lipinski definition) is 2. The summed E-state index contributed by atoms with van der Waals surface area (Å²) >= 11 is 0. The van der Waals surface area contributed by atoms with Crippen molar-refractivity contribution in [2.45, 2.75) is 31.7 Å². The molecule has 0 aromatic heterocycles. The fourth-order valence-electron chi connectivity index (χ4n) is 3.57. The van der Waals surface area contributed by atoms with E-state index in [0.29, 0.717) is 5.69 Å². The molecule has 0 spiro atoms. The average molecular weight is 478 g/mol. The maximum atomic E-state index is 13.3. The third-order valence-corrected chi connectivity index (χ3v) is 6.32. The molecule has 7 nitrogen and oxygen atoms in total. The summed E-state index contributed by atoms with van der Waals surface area (Å²) in [6, 6.07) is 10.2. The Bertz CT molecular complexity index is 1010. The maximum Gasteiger partial charge on any atom is 0.240 e. The Labute approximate surface area is 193 Å². The van der Waals surface area contributed by atoms with Crippen LogP contribution in [0.2, 0.25) is 0 Å². The van der Waals surface area contributed by atoms with Gasteiger partial charge in [0.25, 0.3) is 0 Å². The first-order valence-corrected chi connectivity index (χ1v) is 12.0. The molecule has 0 saturated heterocycles. The lowest BCUT2D eigenvalue weighted by Crippen LogP contribution is -2.45. The van der Waals surface area contributed by atoms with Crippen LogP contribution in [0.1, 0.15) is 25.7 Å². The van der Waals surface area contributed by atoms with Gasteiger partial charge in [-0.25, -0.2) is 8.78 Å². The largest absolute Gasteiger partial charge is 0.352 e. The Balaban J connectivity index is 1.61. The Morgan fingerprint density at radius 2 is 1.45 bits per heavy atom. The number of benzene rings is 2. The summed E-state index contributed by atoms with van der Waals surface area (Å²) in [6.07, 6.45) is 3.82. The van der Waals surface area contributed by atoms with Crippen molar-refractivity contribution in [1.29, 1.82) is 0 Å². The highest BCUT2D eigenvalue weighted by Crippen LogP contribution is 2.19. The van der Waals surface area contributed by atoms with Gasteiger partial charge >= 0.3 is 0 Å². The van der Waals surface area contributed by atoms with Crippen LogP contribution in [0, 0.1) is 11.6 Å². The van der Waals surface area contributed by atoms with Gasteiger partial charge in [-0.2, -0.15) is 0 Å². The second kappa shape index (κ2) is 11.6. The summed E-state index contributed by atoms with van der Waals surface area (Å²) < 4.78 is 38.8. The molecule has 0 radical (unpaired) electrons. The van der Waals surface area contributed by atoms with E-state index in [1.807, 2.05) is 0 Å². The first-order valence-electron chi connectivity index (χ1n) is 10.6. The molecule has 1 aliphatic rings. The Kier molecular flexibility index (Phi) is 8.65. The van der Waals surface area contributed by atoms with Crippen LogP contribution in [0.5, 0.6) is 0 Å². The van der Waals surface area contributed by atoms with Crippen molar-refractivity contribution < 1.29 is 27.4 Å². The predicted molar refractivity (Wildman–Crippen MR) is 122 cm³/mol.